The molecule has 3 nitrogen and oxygen atoms in total. The Balaban J connectivity index is 1.97. The Hall–Kier alpha value is -1.51. The fraction of sp³-hybridized carbons (Fsp3) is 0.533. The largest absolute Gasteiger partial charge is 0.399 e. The third kappa shape index (κ3) is 2.84. The number of nitrogens with zero attached hydrogens (tertiary/aromatic N) is 1. The fourth-order valence-corrected chi connectivity index (χ4v) is 2.77. The van der Waals surface area contributed by atoms with Crippen LogP contribution >= 0.6 is 0 Å². The van der Waals surface area contributed by atoms with Crippen LogP contribution in [0, 0.1) is 11.8 Å². The summed E-state index contributed by atoms with van der Waals surface area (Å²) in [5.41, 5.74) is 7.55. The molecule has 1 fully saturated rings. The second-order valence-corrected chi connectivity index (χ2v) is 5.45. The number of carbonyl (C=O) groups excluding carboxylic acids is 1. The summed E-state index contributed by atoms with van der Waals surface area (Å²) in [6, 6.07) is 7.73. The van der Waals surface area contributed by atoms with Gasteiger partial charge in [-0.15, -0.1) is 0 Å². The highest BCUT2D eigenvalue weighted by Gasteiger charge is 2.31. The highest BCUT2D eigenvalue weighted by Crippen LogP contribution is 2.32. The van der Waals surface area contributed by atoms with Crippen molar-refractivity contribution >= 4 is 11.6 Å². The van der Waals surface area contributed by atoms with E-state index in [0.29, 0.717) is 12.5 Å². The summed E-state index contributed by atoms with van der Waals surface area (Å²) in [4.78, 5) is 14.2. The van der Waals surface area contributed by atoms with Crippen molar-refractivity contribution in [3.05, 3.63) is 29.8 Å². The van der Waals surface area contributed by atoms with Gasteiger partial charge in [0.1, 0.15) is 0 Å². The SMILES string of the molecule is CC1CCCC1C(=O)N(C)Cc1ccc(N)cc1. The molecule has 0 spiro atoms. The summed E-state index contributed by atoms with van der Waals surface area (Å²) in [7, 11) is 1.89. The quantitative estimate of drug-likeness (QED) is 0.833. The van der Waals surface area contributed by atoms with Gasteiger partial charge in [0.05, 0.1) is 0 Å². The Bertz CT molecular complexity index is 413. The third-order valence-electron chi connectivity index (χ3n) is 3.95. The number of anilines is 1. The molecule has 2 unspecified atom stereocenters. The van der Waals surface area contributed by atoms with Crippen LogP contribution < -0.4 is 5.73 Å². The minimum absolute atomic E-state index is 0.226. The number of hydrogen-bond donors (Lipinski definition) is 1. The number of hydrogen-bond acceptors (Lipinski definition) is 2. The van der Waals surface area contributed by atoms with Crippen molar-refractivity contribution in [2.24, 2.45) is 11.8 Å². The van der Waals surface area contributed by atoms with Crippen molar-refractivity contribution in [1.82, 2.24) is 4.90 Å². The summed E-state index contributed by atoms with van der Waals surface area (Å²) < 4.78 is 0. The van der Waals surface area contributed by atoms with Crippen molar-refractivity contribution in [1.29, 1.82) is 0 Å². The zero-order valence-electron chi connectivity index (χ0n) is 11.2. The van der Waals surface area contributed by atoms with Gasteiger partial charge >= 0.3 is 0 Å². The van der Waals surface area contributed by atoms with Crippen molar-refractivity contribution < 1.29 is 4.79 Å². The van der Waals surface area contributed by atoms with E-state index in [1.165, 1.54) is 12.8 Å². The first-order valence-electron chi connectivity index (χ1n) is 6.67. The van der Waals surface area contributed by atoms with E-state index in [9.17, 15) is 4.79 Å². The lowest BCUT2D eigenvalue weighted by Crippen LogP contribution is -2.33. The van der Waals surface area contributed by atoms with E-state index in [1.54, 1.807) is 0 Å². The Kier molecular flexibility index (Phi) is 3.90. The minimum atomic E-state index is 0.226. The van der Waals surface area contributed by atoms with Crippen molar-refractivity contribution in [2.75, 3.05) is 12.8 Å². The average molecular weight is 246 g/mol. The first kappa shape index (κ1) is 12.9. The molecule has 2 atom stereocenters. The number of nitrogen functional groups attached to an aromatic ring is 1. The van der Waals surface area contributed by atoms with Crippen molar-refractivity contribution in [3.8, 4) is 0 Å². The second-order valence-electron chi connectivity index (χ2n) is 5.45. The van der Waals surface area contributed by atoms with E-state index in [2.05, 4.69) is 6.92 Å². The van der Waals surface area contributed by atoms with Gasteiger partial charge in [0.25, 0.3) is 0 Å². The van der Waals surface area contributed by atoms with Gasteiger partial charge in [-0.2, -0.15) is 0 Å². The van der Waals surface area contributed by atoms with Crippen LogP contribution in [0.1, 0.15) is 31.7 Å². The molecule has 1 aliphatic rings. The number of nitrogens with two attached hydrogens (primary N) is 1. The van der Waals surface area contributed by atoms with Gasteiger partial charge in [0.15, 0.2) is 0 Å². The smallest absolute Gasteiger partial charge is 0.225 e. The molecule has 0 heterocycles. The van der Waals surface area contributed by atoms with E-state index in [1.807, 2.05) is 36.2 Å². The zero-order chi connectivity index (χ0) is 13.1. The Morgan fingerprint density at radius 1 is 1.33 bits per heavy atom. The van der Waals surface area contributed by atoms with Gasteiger partial charge in [-0.05, 0) is 36.5 Å². The number of benzene rings is 1. The molecule has 1 saturated carbocycles. The molecule has 2 rings (SSSR count). The minimum Gasteiger partial charge on any atom is -0.399 e. The van der Waals surface area contributed by atoms with Crippen LogP contribution in [0.4, 0.5) is 5.69 Å². The molecule has 1 amide bonds. The number of rotatable bonds is 3. The van der Waals surface area contributed by atoms with Crippen LogP contribution in [0.2, 0.25) is 0 Å². The van der Waals surface area contributed by atoms with Crippen molar-refractivity contribution in [3.63, 3.8) is 0 Å². The lowest BCUT2D eigenvalue weighted by molar-refractivity contribution is -0.135. The van der Waals surface area contributed by atoms with Gasteiger partial charge in [0.2, 0.25) is 5.91 Å². The molecule has 3 heteroatoms. The van der Waals surface area contributed by atoms with Crippen LogP contribution in [0.25, 0.3) is 0 Å². The molecule has 0 aromatic heterocycles. The van der Waals surface area contributed by atoms with E-state index in [-0.39, 0.29) is 11.8 Å². The second kappa shape index (κ2) is 5.42. The van der Waals surface area contributed by atoms with Crippen LogP contribution in [0.15, 0.2) is 24.3 Å². The maximum absolute atomic E-state index is 12.3. The highest BCUT2D eigenvalue weighted by molar-refractivity contribution is 5.79. The number of amides is 1. The predicted octanol–water partition coefficient (Wildman–Crippen LogP) is 2.66. The normalized spacial score (nSPS) is 23.0. The van der Waals surface area contributed by atoms with E-state index in [4.69, 9.17) is 5.73 Å². The van der Waals surface area contributed by atoms with E-state index in [0.717, 1.165) is 17.7 Å². The van der Waals surface area contributed by atoms with Gasteiger partial charge in [-0.3, -0.25) is 4.79 Å². The van der Waals surface area contributed by atoms with Crippen molar-refractivity contribution in [2.45, 2.75) is 32.7 Å². The lowest BCUT2D eigenvalue weighted by Gasteiger charge is -2.23. The van der Waals surface area contributed by atoms with E-state index >= 15 is 0 Å². The molecule has 0 aliphatic heterocycles. The first-order chi connectivity index (χ1) is 8.58. The highest BCUT2D eigenvalue weighted by atomic mass is 16.2. The molecule has 0 saturated heterocycles. The predicted molar refractivity (Wildman–Crippen MR) is 73.8 cm³/mol. The number of carbonyl (C=O) groups is 1. The molecule has 1 aliphatic carbocycles. The zero-order valence-corrected chi connectivity index (χ0v) is 11.2. The summed E-state index contributed by atoms with van der Waals surface area (Å²) in [6.45, 7) is 2.86. The van der Waals surface area contributed by atoms with Gasteiger partial charge in [0, 0.05) is 25.2 Å². The standard InChI is InChI=1S/C15H22N2O/c1-11-4-3-5-14(11)15(18)17(2)10-12-6-8-13(16)9-7-12/h6-9,11,14H,3-5,10,16H2,1-2H3. The summed E-state index contributed by atoms with van der Waals surface area (Å²) in [6.07, 6.45) is 3.42. The molecule has 98 valence electrons. The Morgan fingerprint density at radius 3 is 2.56 bits per heavy atom. The molecule has 0 radical (unpaired) electrons. The summed E-state index contributed by atoms with van der Waals surface area (Å²) in [5.74, 6) is 1.05. The van der Waals surface area contributed by atoms with Gasteiger partial charge < -0.3 is 10.6 Å². The van der Waals surface area contributed by atoms with Crippen LogP contribution in [0.3, 0.4) is 0 Å². The average Bonchev–Trinajstić information content (AvgIpc) is 2.77. The topological polar surface area (TPSA) is 46.3 Å². The third-order valence-corrected chi connectivity index (χ3v) is 3.95. The molecule has 1 aromatic rings. The lowest BCUT2D eigenvalue weighted by atomic mass is 9.96. The maximum Gasteiger partial charge on any atom is 0.225 e. The monoisotopic (exact) mass is 246 g/mol. The maximum atomic E-state index is 12.3. The molecule has 0 bridgehead atoms. The molecule has 1 aromatic carbocycles. The summed E-state index contributed by atoms with van der Waals surface area (Å²) >= 11 is 0. The Labute approximate surface area is 109 Å². The van der Waals surface area contributed by atoms with Gasteiger partial charge in [-0.1, -0.05) is 25.5 Å². The van der Waals surface area contributed by atoms with Crippen LogP contribution in [-0.2, 0) is 11.3 Å². The van der Waals surface area contributed by atoms with E-state index < -0.39 is 0 Å². The van der Waals surface area contributed by atoms with Gasteiger partial charge in [-0.25, -0.2) is 0 Å². The van der Waals surface area contributed by atoms with Crippen LogP contribution in [-0.4, -0.2) is 17.9 Å². The summed E-state index contributed by atoms with van der Waals surface area (Å²) in [5, 5.41) is 0. The first-order valence-corrected chi connectivity index (χ1v) is 6.67. The molecular weight excluding hydrogens is 224 g/mol. The Morgan fingerprint density at radius 2 is 2.00 bits per heavy atom. The molecule has 2 N–H and O–H groups in total. The molecule has 18 heavy (non-hydrogen) atoms. The van der Waals surface area contributed by atoms with Crippen LogP contribution in [0.5, 0.6) is 0 Å². The fourth-order valence-electron chi connectivity index (χ4n) is 2.77. The molecular formula is C15H22N2O.